The van der Waals surface area contributed by atoms with Crippen LogP contribution in [-0.4, -0.2) is 36.1 Å². The van der Waals surface area contributed by atoms with E-state index in [0.717, 1.165) is 10.1 Å². The predicted molar refractivity (Wildman–Crippen MR) is 132 cm³/mol. The van der Waals surface area contributed by atoms with Gasteiger partial charge in [0.15, 0.2) is 22.1 Å². The molecule has 2 aromatic heterocycles. The zero-order valence-corrected chi connectivity index (χ0v) is 19.8. The highest BCUT2D eigenvalue weighted by Gasteiger charge is 2.20. The minimum absolute atomic E-state index is 0.0425. The van der Waals surface area contributed by atoms with E-state index in [-0.39, 0.29) is 23.1 Å². The van der Waals surface area contributed by atoms with Gasteiger partial charge in [0.1, 0.15) is 0 Å². The van der Waals surface area contributed by atoms with Gasteiger partial charge in [-0.2, -0.15) is 0 Å². The molecule has 0 saturated carbocycles. The molecule has 1 N–H and O–H groups in total. The van der Waals surface area contributed by atoms with Gasteiger partial charge in [-0.25, -0.2) is 9.78 Å². The predicted octanol–water partition coefficient (Wildman–Crippen LogP) is 2.42. The molecule has 10 heteroatoms. The lowest BCUT2D eigenvalue weighted by atomic mass is 10.1. The molecule has 0 radical (unpaired) electrons. The Balaban J connectivity index is 1.64. The molecule has 0 spiro atoms. The van der Waals surface area contributed by atoms with Gasteiger partial charge in [0.25, 0.3) is 5.56 Å². The number of nitrogens with one attached hydrogen (secondary N) is 1. The maximum Gasteiger partial charge on any atom is 0.332 e. The summed E-state index contributed by atoms with van der Waals surface area (Å²) in [5.41, 5.74) is 1.75. The van der Waals surface area contributed by atoms with Crippen LogP contribution >= 0.6 is 11.8 Å². The third-order valence-corrected chi connectivity index (χ3v) is 6.38. The summed E-state index contributed by atoms with van der Waals surface area (Å²) in [6.45, 7) is 1.84. The molecule has 0 aliphatic carbocycles. The molecule has 0 unspecified atom stereocenters. The molecule has 0 fully saturated rings. The summed E-state index contributed by atoms with van der Waals surface area (Å²) in [6.07, 6.45) is 0. The highest BCUT2D eigenvalue weighted by Crippen LogP contribution is 2.23. The van der Waals surface area contributed by atoms with Crippen molar-refractivity contribution in [2.24, 2.45) is 14.1 Å². The lowest BCUT2D eigenvalue weighted by molar-refractivity contribution is -0.113. The number of aryl methyl sites for hydroxylation is 1. The number of anilines is 1. The van der Waals surface area contributed by atoms with Crippen molar-refractivity contribution in [1.82, 2.24) is 18.7 Å². The highest BCUT2D eigenvalue weighted by atomic mass is 32.2. The largest absolute Gasteiger partial charge is 0.332 e. The average Bonchev–Trinajstić information content (AvgIpc) is 3.19. The number of thioether (sulfide) groups is 1. The smallest absolute Gasteiger partial charge is 0.325 e. The Bertz CT molecular complexity index is 1500. The van der Waals surface area contributed by atoms with E-state index in [1.54, 1.807) is 35.9 Å². The summed E-state index contributed by atoms with van der Waals surface area (Å²) in [6, 6.07) is 16.2. The van der Waals surface area contributed by atoms with Crippen LogP contribution in [0.1, 0.15) is 22.8 Å². The fourth-order valence-corrected chi connectivity index (χ4v) is 4.36. The van der Waals surface area contributed by atoms with Crippen molar-refractivity contribution in [2.45, 2.75) is 18.6 Å². The molecular weight excluding hydrogens is 454 g/mol. The van der Waals surface area contributed by atoms with Gasteiger partial charge < -0.3 is 9.88 Å². The standard InChI is InChI=1S/C24H23N5O4S/c1-15(30)17-9-11-18(12-10-17)25-19(31)14-34-23-26-21-20(22(32)28(3)24(33)27(21)2)29(23)13-16-7-5-4-6-8-16/h4-12H,13-14H2,1-3H3,(H,25,31). The van der Waals surface area contributed by atoms with Gasteiger partial charge >= 0.3 is 5.69 Å². The quantitative estimate of drug-likeness (QED) is 0.324. The summed E-state index contributed by atoms with van der Waals surface area (Å²) in [5.74, 6) is -0.270. The van der Waals surface area contributed by atoms with Crippen molar-refractivity contribution in [3.8, 4) is 0 Å². The van der Waals surface area contributed by atoms with Gasteiger partial charge in [-0.3, -0.25) is 23.5 Å². The van der Waals surface area contributed by atoms with Gasteiger partial charge in [0.2, 0.25) is 5.91 Å². The topological polar surface area (TPSA) is 108 Å². The summed E-state index contributed by atoms with van der Waals surface area (Å²) in [4.78, 5) is 53.9. The molecule has 0 aliphatic rings. The first-order valence-electron chi connectivity index (χ1n) is 10.5. The number of rotatable bonds is 7. The molecular formula is C24H23N5O4S. The molecule has 174 valence electrons. The number of fused-ring (bicyclic) bond motifs is 1. The molecule has 0 saturated heterocycles. The first-order valence-corrected chi connectivity index (χ1v) is 11.5. The van der Waals surface area contributed by atoms with Crippen molar-refractivity contribution < 1.29 is 9.59 Å². The minimum Gasteiger partial charge on any atom is -0.325 e. The third-order valence-electron chi connectivity index (χ3n) is 5.40. The second-order valence-electron chi connectivity index (χ2n) is 7.81. The van der Waals surface area contributed by atoms with Crippen LogP contribution in [0, 0.1) is 0 Å². The second kappa shape index (κ2) is 9.52. The zero-order valence-electron chi connectivity index (χ0n) is 18.9. The molecule has 1 amide bonds. The van der Waals surface area contributed by atoms with E-state index in [2.05, 4.69) is 10.3 Å². The summed E-state index contributed by atoms with van der Waals surface area (Å²) < 4.78 is 4.13. The first-order chi connectivity index (χ1) is 16.3. The van der Waals surface area contributed by atoms with E-state index in [1.807, 2.05) is 30.3 Å². The Morgan fingerprint density at radius 3 is 2.29 bits per heavy atom. The van der Waals surface area contributed by atoms with Gasteiger partial charge in [-0.05, 0) is 36.8 Å². The normalized spacial score (nSPS) is 11.0. The Hall–Kier alpha value is -3.92. The Morgan fingerprint density at radius 1 is 0.971 bits per heavy atom. The van der Waals surface area contributed by atoms with Crippen molar-refractivity contribution in [3.63, 3.8) is 0 Å². The fraction of sp³-hybridized carbons (Fsp3) is 0.208. The molecule has 2 aromatic carbocycles. The molecule has 4 rings (SSSR count). The van der Waals surface area contributed by atoms with Crippen LogP contribution in [0.2, 0.25) is 0 Å². The Morgan fingerprint density at radius 2 is 1.65 bits per heavy atom. The minimum atomic E-state index is -0.467. The van der Waals surface area contributed by atoms with Crippen molar-refractivity contribution in [2.75, 3.05) is 11.1 Å². The maximum absolute atomic E-state index is 13.0. The van der Waals surface area contributed by atoms with Crippen LogP contribution in [-0.2, 0) is 25.4 Å². The monoisotopic (exact) mass is 477 g/mol. The van der Waals surface area contributed by atoms with E-state index < -0.39 is 11.2 Å². The van der Waals surface area contributed by atoms with Gasteiger partial charge in [0, 0.05) is 25.3 Å². The van der Waals surface area contributed by atoms with Gasteiger partial charge in [-0.15, -0.1) is 0 Å². The summed E-state index contributed by atoms with van der Waals surface area (Å²) >= 11 is 1.18. The highest BCUT2D eigenvalue weighted by molar-refractivity contribution is 7.99. The number of benzene rings is 2. The number of carbonyl (C=O) groups is 2. The Kier molecular flexibility index (Phi) is 6.51. The number of hydrogen-bond donors (Lipinski definition) is 1. The van der Waals surface area contributed by atoms with Gasteiger partial charge in [0.05, 0.1) is 12.3 Å². The van der Waals surface area contributed by atoms with Crippen molar-refractivity contribution >= 4 is 40.3 Å². The van der Waals surface area contributed by atoms with E-state index >= 15 is 0 Å². The molecule has 0 atom stereocenters. The van der Waals surface area contributed by atoms with Crippen LogP contribution in [0.3, 0.4) is 0 Å². The van der Waals surface area contributed by atoms with E-state index in [0.29, 0.717) is 28.5 Å². The maximum atomic E-state index is 13.0. The van der Waals surface area contributed by atoms with Crippen LogP contribution in [0.4, 0.5) is 5.69 Å². The number of nitrogens with zero attached hydrogens (tertiary/aromatic N) is 4. The average molecular weight is 478 g/mol. The number of carbonyl (C=O) groups excluding carboxylic acids is 2. The molecule has 0 aliphatic heterocycles. The number of aromatic nitrogens is 4. The van der Waals surface area contributed by atoms with Crippen LogP contribution in [0.5, 0.6) is 0 Å². The van der Waals surface area contributed by atoms with Crippen LogP contribution < -0.4 is 16.6 Å². The lowest BCUT2D eigenvalue weighted by Gasteiger charge is -2.10. The van der Waals surface area contributed by atoms with E-state index in [1.165, 1.54) is 30.3 Å². The van der Waals surface area contributed by atoms with Crippen LogP contribution in [0.15, 0.2) is 69.3 Å². The van der Waals surface area contributed by atoms with Crippen molar-refractivity contribution in [1.29, 1.82) is 0 Å². The number of ketones is 1. The van der Waals surface area contributed by atoms with E-state index in [4.69, 9.17) is 0 Å². The summed E-state index contributed by atoms with van der Waals surface area (Å²) in [5, 5.41) is 3.25. The number of imidazole rings is 1. The molecule has 9 nitrogen and oxygen atoms in total. The number of hydrogen-bond acceptors (Lipinski definition) is 6. The molecule has 0 bridgehead atoms. The molecule has 2 heterocycles. The lowest BCUT2D eigenvalue weighted by Crippen LogP contribution is -2.37. The Labute approximate surface area is 199 Å². The SMILES string of the molecule is CC(=O)c1ccc(NC(=O)CSc2nc3c(c(=O)n(C)c(=O)n3C)n2Cc2ccccc2)cc1. The first kappa shape index (κ1) is 23.2. The van der Waals surface area contributed by atoms with Crippen molar-refractivity contribution in [3.05, 3.63) is 86.6 Å². The fourth-order valence-electron chi connectivity index (χ4n) is 3.56. The molecule has 34 heavy (non-hydrogen) atoms. The van der Waals surface area contributed by atoms with E-state index in [9.17, 15) is 19.2 Å². The number of amides is 1. The second-order valence-corrected chi connectivity index (χ2v) is 8.76. The van der Waals surface area contributed by atoms with Gasteiger partial charge in [-0.1, -0.05) is 42.1 Å². The zero-order chi connectivity index (χ0) is 24.4. The number of Topliss-reactive ketones (excluding diaryl/α,β-unsaturated/α-hetero) is 1. The summed E-state index contributed by atoms with van der Waals surface area (Å²) in [7, 11) is 3.00. The molecule has 4 aromatic rings. The van der Waals surface area contributed by atoms with Crippen LogP contribution in [0.25, 0.3) is 11.2 Å². The third kappa shape index (κ3) is 4.58.